The standard InChI is InChI=1S/C49H78O5/c1-4-7-10-13-15-17-19-21-23-24-25-27-29-31-33-35-38-41-44-52-45-47(54-49(51)43-40-36-12-9-6-3)46-53-48(50)42-39-37-34-32-30-28-26-22-20-18-16-14-11-8-5-2/h7-8,10-11,15-18,21-23,25-27,30,32,37,39,47H,4-6,9,12-14,19-20,24,28-29,31,33-36,38,40-46H2,1-3H3/b10-7-,11-8-,17-15-,18-16-,23-21-,26-22-,27-25-,32-30-,39-37-. The molecule has 0 aromatic heterocycles. The summed E-state index contributed by atoms with van der Waals surface area (Å²) in [7, 11) is 0. The molecule has 1 atom stereocenters. The van der Waals surface area contributed by atoms with Gasteiger partial charge in [0.05, 0.1) is 13.0 Å². The van der Waals surface area contributed by atoms with Crippen LogP contribution in [0.5, 0.6) is 0 Å². The van der Waals surface area contributed by atoms with E-state index in [1.807, 2.05) is 12.2 Å². The summed E-state index contributed by atoms with van der Waals surface area (Å²) in [5.74, 6) is -0.579. The summed E-state index contributed by atoms with van der Waals surface area (Å²) in [6.45, 7) is 7.34. The average Bonchev–Trinajstić information content (AvgIpc) is 3.17. The maximum absolute atomic E-state index is 12.5. The first kappa shape index (κ1) is 50.6. The highest BCUT2D eigenvalue weighted by Gasteiger charge is 2.17. The minimum Gasteiger partial charge on any atom is -0.461 e. The zero-order valence-electron chi connectivity index (χ0n) is 34.7. The number of rotatable bonds is 37. The molecule has 0 aliphatic rings. The lowest BCUT2D eigenvalue weighted by Crippen LogP contribution is -2.30. The van der Waals surface area contributed by atoms with Crippen molar-refractivity contribution < 1.29 is 23.8 Å². The molecular weight excluding hydrogens is 669 g/mol. The van der Waals surface area contributed by atoms with Crippen LogP contribution < -0.4 is 0 Å². The highest BCUT2D eigenvalue weighted by Crippen LogP contribution is 2.10. The molecule has 0 N–H and O–H groups in total. The molecule has 0 heterocycles. The Hall–Kier alpha value is -3.44. The van der Waals surface area contributed by atoms with Gasteiger partial charge in [0, 0.05) is 13.0 Å². The summed E-state index contributed by atoms with van der Waals surface area (Å²) < 4.78 is 17.0. The third kappa shape index (κ3) is 41.3. The van der Waals surface area contributed by atoms with Gasteiger partial charge >= 0.3 is 11.9 Å². The Balaban J connectivity index is 4.27. The van der Waals surface area contributed by atoms with Gasteiger partial charge in [-0.05, 0) is 83.5 Å². The van der Waals surface area contributed by atoms with Gasteiger partial charge in [-0.1, -0.05) is 175 Å². The second kappa shape index (κ2) is 44.0. The van der Waals surface area contributed by atoms with E-state index in [0.29, 0.717) is 13.0 Å². The lowest BCUT2D eigenvalue weighted by atomic mass is 10.1. The van der Waals surface area contributed by atoms with Crippen molar-refractivity contribution in [1.29, 1.82) is 0 Å². The van der Waals surface area contributed by atoms with Crippen molar-refractivity contribution >= 4 is 11.9 Å². The van der Waals surface area contributed by atoms with E-state index >= 15 is 0 Å². The van der Waals surface area contributed by atoms with Gasteiger partial charge < -0.3 is 14.2 Å². The molecule has 0 saturated heterocycles. The van der Waals surface area contributed by atoms with Crippen molar-refractivity contribution in [3.63, 3.8) is 0 Å². The molecule has 5 nitrogen and oxygen atoms in total. The number of carbonyl (C=O) groups is 2. The molecule has 0 aromatic carbocycles. The lowest BCUT2D eigenvalue weighted by molar-refractivity contribution is -0.162. The summed E-state index contributed by atoms with van der Waals surface area (Å²) in [6, 6.07) is 0. The van der Waals surface area contributed by atoms with Crippen LogP contribution in [-0.2, 0) is 23.8 Å². The summed E-state index contributed by atoms with van der Waals surface area (Å²) in [5.41, 5.74) is 0. The molecule has 0 spiro atoms. The van der Waals surface area contributed by atoms with Gasteiger partial charge in [-0.15, -0.1) is 0 Å². The fraction of sp³-hybridized carbons (Fsp3) is 0.592. The van der Waals surface area contributed by atoms with Crippen LogP contribution >= 0.6 is 0 Å². The van der Waals surface area contributed by atoms with Crippen LogP contribution in [-0.4, -0.2) is 37.9 Å². The molecule has 0 rings (SSSR count). The van der Waals surface area contributed by atoms with Gasteiger partial charge in [0.1, 0.15) is 6.61 Å². The van der Waals surface area contributed by atoms with E-state index in [1.165, 1.54) is 32.1 Å². The third-order valence-corrected chi connectivity index (χ3v) is 8.34. The van der Waals surface area contributed by atoms with Gasteiger partial charge in [0.2, 0.25) is 0 Å². The largest absolute Gasteiger partial charge is 0.461 e. The fourth-order valence-corrected chi connectivity index (χ4v) is 5.22. The highest BCUT2D eigenvalue weighted by molar-refractivity contribution is 5.71. The lowest BCUT2D eigenvalue weighted by Gasteiger charge is -2.18. The second-order valence-corrected chi connectivity index (χ2v) is 13.5. The summed E-state index contributed by atoms with van der Waals surface area (Å²) in [5, 5.41) is 0. The number of hydrogen-bond donors (Lipinski definition) is 0. The number of carbonyl (C=O) groups excluding carboxylic acids is 2. The summed E-state index contributed by atoms with van der Waals surface area (Å²) >= 11 is 0. The highest BCUT2D eigenvalue weighted by atomic mass is 16.6. The van der Waals surface area contributed by atoms with E-state index in [9.17, 15) is 9.59 Å². The molecule has 0 aromatic rings. The first-order valence-electron chi connectivity index (χ1n) is 21.4. The Morgan fingerprint density at radius 3 is 1.43 bits per heavy atom. The predicted octanol–water partition coefficient (Wildman–Crippen LogP) is 14.1. The molecule has 0 fully saturated rings. The van der Waals surface area contributed by atoms with E-state index in [-0.39, 0.29) is 31.6 Å². The molecular formula is C49H78O5. The number of hydrogen-bond acceptors (Lipinski definition) is 5. The monoisotopic (exact) mass is 747 g/mol. The summed E-state index contributed by atoms with van der Waals surface area (Å²) in [6.07, 6.45) is 60.0. The number of unbranched alkanes of at least 4 members (excludes halogenated alkanes) is 9. The van der Waals surface area contributed by atoms with Crippen LogP contribution in [0.1, 0.15) is 162 Å². The van der Waals surface area contributed by atoms with Crippen molar-refractivity contribution in [3.8, 4) is 0 Å². The minimum atomic E-state index is -0.587. The van der Waals surface area contributed by atoms with E-state index in [2.05, 4.69) is 118 Å². The van der Waals surface area contributed by atoms with E-state index in [1.54, 1.807) is 0 Å². The van der Waals surface area contributed by atoms with E-state index < -0.39 is 6.10 Å². The van der Waals surface area contributed by atoms with Crippen molar-refractivity contribution in [3.05, 3.63) is 109 Å². The van der Waals surface area contributed by atoms with E-state index in [4.69, 9.17) is 14.2 Å². The Morgan fingerprint density at radius 2 is 0.889 bits per heavy atom. The maximum Gasteiger partial charge on any atom is 0.309 e. The van der Waals surface area contributed by atoms with Crippen molar-refractivity contribution in [1.82, 2.24) is 0 Å². The van der Waals surface area contributed by atoms with Crippen LogP contribution in [0.4, 0.5) is 0 Å². The van der Waals surface area contributed by atoms with Crippen molar-refractivity contribution in [2.75, 3.05) is 19.8 Å². The van der Waals surface area contributed by atoms with Crippen LogP contribution in [0, 0.1) is 0 Å². The number of esters is 2. The average molecular weight is 747 g/mol. The molecule has 0 bridgehead atoms. The Labute approximate surface area is 332 Å². The van der Waals surface area contributed by atoms with Gasteiger partial charge in [-0.2, -0.15) is 0 Å². The molecule has 0 radical (unpaired) electrons. The van der Waals surface area contributed by atoms with Crippen LogP contribution in [0.3, 0.4) is 0 Å². The Kier molecular flexibility index (Phi) is 41.2. The minimum absolute atomic E-state index is 0.0163. The van der Waals surface area contributed by atoms with Crippen LogP contribution in [0.2, 0.25) is 0 Å². The number of ether oxygens (including phenoxy) is 3. The molecule has 1 unspecified atom stereocenters. The van der Waals surface area contributed by atoms with Gasteiger partial charge in [0.15, 0.2) is 6.10 Å². The zero-order valence-corrected chi connectivity index (χ0v) is 34.7. The van der Waals surface area contributed by atoms with Gasteiger partial charge in [-0.3, -0.25) is 9.59 Å². The SMILES string of the molecule is CC/C=C\C/C=C\C/C=C\C/C=C\C/C=C\CC(=O)OCC(COCCCCCCC/C=C\C/C=C\C/C=C\C/C=C\CC)OC(=O)CCCCCCC. The van der Waals surface area contributed by atoms with E-state index in [0.717, 1.165) is 96.3 Å². The zero-order chi connectivity index (χ0) is 39.3. The molecule has 0 saturated carbocycles. The Morgan fingerprint density at radius 1 is 0.444 bits per heavy atom. The molecule has 5 heteroatoms. The topological polar surface area (TPSA) is 61.8 Å². The molecule has 54 heavy (non-hydrogen) atoms. The second-order valence-electron chi connectivity index (χ2n) is 13.5. The quantitative estimate of drug-likeness (QED) is 0.0360. The molecule has 0 amide bonds. The molecule has 0 aliphatic carbocycles. The molecule has 0 aliphatic heterocycles. The third-order valence-electron chi connectivity index (χ3n) is 8.34. The van der Waals surface area contributed by atoms with Crippen LogP contribution in [0.15, 0.2) is 109 Å². The summed E-state index contributed by atoms with van der Waals surface area (Å²) in [4.78, 5) is 24.9. The normalized spacial score (nSPS) is 13.3. The first-order chi connectivity index (χ1) is 26.6. The van der Waals surface area contributed by atoms with Crippen molar-refractivity contribution in [2.45, 2.75) is 168 Å². The van der Waals surface area contributed by atoms with Crippen molar-refractivity contribution in [2.24, 2.45) is 0 Å². The fourth-order valence-electron chi connectivity index (χ4n) is 5.22. The Bertz CT molecular complexity index is 1120. The molecule has 304 valence electrons. The maximum atomic E-state index is 12.5. The van der Waals surface area contributed by atoms with Gasteiger partial charge in [0.25, 0.3) is 0 Å². The predicted molar refractivity (Wildman–Crippen MR) is 233 cm³/mol. The van der Waals surface area contributed by atoms with Gasteiger partial charge in [-0.25, -0.2) is 0 Å². The number of allylic oxidation sites excluding steroid dienone is 17. The first-order valence-corrected chi connectivity index (χ1v) is 21.4. The van der Waals surface area contributed by atoms with Crippen LogP contribution in [0.25, 0.3) is 0 Å². The smallest absolute Gasteiger partial charge is 0.309 e.